The molecule has 0 spiro atoms. The summed E-state index contributed by atoms with van der Waals surface area (Å²) >= 11 is 0. The van der Waals surface area contributed by atoms with Gasteiger partial charge in [-0.15, -0.1) is 0 Å². The summed E-state index contributed by atoms with van der Waals surface area (Å²) in [6.07, 6.45) is 3.32. The molecule has 2 heteroatoms. The number of rotatable bonds is 2. The molecule has 0 aliphatic heterocycles. The lowest BCUT2D eigenvalue weighted by Gasteiger charge is -1.98. The predicted molar refractivity (Wildman–Crippen MR) is 82.0 cm³/mol. The highest BCUT2D eigenvalue weighted by Gasteiger charge is 1.91. The fraction of sp³-hybridized carbons (Fsp3) is 0.0556. The van der Waals surface area contributed by atoms with E-state index >= 15 is 0 Å². The molecule has 1 aromatic heterocycles. The first-order chi connectivity index (χ1) is 9.90. The van der Waals surface area contributed by atoms with Gasteiger partial charge in [0.15, 0.2) is 0 Å². The fourth-order valence-electron chi connectivity index (χ4n) is 1.75. The molecule has 1 heterocycles. The van der Waals surface area contributed by atoms with Gasteiger partial charge in [-0.1, -0.05) is 60.7 Å². The Bertz CT molecular complexity index is 557. The van der Waals surface area contributed by atoms with Gasteiger partial charge in [0.1, 0.15) is 0 Å². The topological polar surface area (TPSA) is 33.1 Å². The van der Waals surface area contributed by atoms with Gasteiger partial charge in [0.25, 0.3) is 0 Å². The maximum atomic E-state index is 8.51. The second kappa shape index (κ2) is 7.87. The molecular weight excluding hydrogens is 246 g/mol. The van der Waals surface area contributed by atoms with Crippen LogP contribution in [-0.4, -0.2) is 10.1 Å². The maximum absolute atomic E-state index is 8.51. The smallest absolute Gasteiger partial charge is 0.0682 e. The number of aromatic nitrogens is 1. The summed E-state index contributed by atoms with van der Waals surface area (Å²) in [5.74, 6) is 0. The number of aliphatic hydroxyl groups excluding tert-OH is 1. The second-order valence-electron chi connectivity index (χ2n) is 4.25. The van der Waals surface area contributed by atoms with Gasteiger partial charge >= 0.3 is 0 Å². The quantitative estimate of drug-likeness (QED) is 0.760. The average molecular weight is 263 g/mol. The highest BCUT2D eigenvalue weighted by atomic mass is 16.3. The Labute approximate surface area is 119 Å². The Morgan fingerprint density at radius 1 is 0.650 bits per heavy atom. The van der Waals surface area contributed by atoms with Gasteiger partial charge in [-0.3, -0.25) is 4.98 Å². The summed E-state index contributed by atoms with van der Waals surface area (Å²) in [5, 5.41) is 8.51. The largest absolute Gasteiger partial charge is 0.392 e. The van der Waals surface area contributed by atoms with Crippen LogP contribution in [0.25, 0.3) is 11.1 Å². The molecule has 100 valence electrons. The molecule has 0 saturated heterocycles. The average Bonchev–Trinajstić information content (AvgIpc) is 2.58. The third kappa shape index (κ3) is 4.34. The Kier molecular flexibility index (Phi) is 5.50. The highest BCUT2D eigenvalue weighted by molar-refractivity contribution is 5.62. The summed E-state index contributed by atoms with van der Waals surface area (Å²) in [5.41, 5.74) is 3.45. The minimum atomic E-state index is 0.0997. The molecule has 0 saturated carbocycles. The van der Waals surface area contributed by atoms with Crippen molar-refractivity contribution in [3.8, 4) is 11.1 Å². The van der Waals surface area contributed by atoms with E-state index in [1.807, 2.05) is 12.1 Å². The van der Waals surface area contributed by atoms with Crippen LogP contribution < -0.4 is 0 Å². The number of hydrogen-bond acceptors (Lipinski definition) is 2. The van der Waals surface area contributed by atoms with Gasteiger partial charge in [-0.05, 0) is 28.8 Å². The van der Waals surface area contributed by atoms with Crippen molar-refractivity contribution in [3.05, 3.63) is 90.8 Å². The third-order valence-electron chi connectivity index (χ3n) is 2.81. The van der Waals surface area contributed by atoms with E-state index in [0.717, 1.165) is 5.56 Å². The molecule has 3 rings (SSSR count). The molecule has 0 bridgehead atoms. The molecule has 0 radical (unpaired) electrons. The Morgan fingerprint density at radius 3 is 1.45 bits per heavy atom. The minimum absolute atomic E-state index is 0.0997. The lowest BCUT2D eigenvalue weighted by Crippen LogP contribution is -1.80. The van der Waals surface area contributed by atoms with Gasteiger partial charge < -0.3 is 5.11 Å². The number of pyridine rings is 1. The molecule has 1 N–H and O–H groups in total. The Hall–Kier alpha value is -2.45. The first-order valence-electron chi connectivity index (χ1n) is 6.50. The van der Waals surface area contributed by atoms with Crippen LogP contribution in [0.2, 0.25) is 0 Å². The van der Waals surface area contributed by atoms with Crippen molar-refractivity contribution in [2.45, 2.75) is 6.61 Å². The van der Waals surface area contributed by atoms with E-state index < -0.39 is 0 Å². The zero-order valence-corrected chi connectivity index (χ0v) is 11.2. The van der Waals surface area contributed by atoms with Gasteiger partial charge in [0.05, 0.1) is 6.61 Å². The first-order valence-corrected chi connectivity index (χ1v) is 6.50. The molecule has 0 unspecified atom stereocenters. The first kappa shape index (κ1) is 14.0. The zero-order chi connectivity index (χ0) is 14.0. The monoisotopic (exact) mass is 263 g/mol. The van der Waals surface area contributed by atoms with Crippen molar-refractivity contribution in [1.82, 2.24) is 4.98 Å². The van der Waals surface area contributed by atoms with Crippen molar-refractivity contribution in [2.24, 2.45) is 0 Å². The lowest BCUT2D eigenvalue weighted by atomic mass is 10.1. The summed E-state index contributed by atoms with van der Waals surface area (Å²) in [4.78, 5) is 3.78. The summed E-state index contributed by atoms with van der Waals surface area (Å²) in [6, 6.07) is 24.3. The third-order valence-corrected chi connectivity index (χ3v) is 2.81. The molecule has 2 nitrogen and oxygen atoms in total. The number of hydrogen-bond donors (Lipinski definition) is 1. The van der Waals surface area contributed by atoms with Crippen molar-refractivity contribution >= 4 is 0 Å². The molecular formula is C18H17NO. The Balaban J connectivity index is 0.000000160. The molecule has 0 aliphatic rings. The maximum Gasteiger partial charge on any atom is 0.0682 e. The second-order valence-corrected chi connectivity index (χ2v) is 4.25. The van der Waals surface area contributed by atoms with Crippen LogP contribution in [0.3, 0.4) is 0 Å². The lowest BCUT2D eigenvalue weighted by molar-refractivity contribution is 0.281. The predicted octanol–water partition coefficient (Wildman–Crippen LogP) is 3.93. The molecule has 3 aromatic rings. The van der Waals surface area contributed by atoms with E-state index in [2.05, 4.69) is 53.5 Å². The van der Waals surface area contributed by atoms with Crippen LogP contribution in [-0.2, 0) is 6.61 Å². The fourth-order valence-corrected chi connectivity index (χ4v) is 1.75. The van der Waals surface area contributed by atoms with Gasteiger partial charge in [0.2, 0.25) is 0 Å². The van der Waals surface area contributed by atoms with Crippen LogP contribution >= 0.6 is 0 Å². The summed E-state index contributed by atoms with van der Waals surface area (Å²) < 4.78 is 0. The van der Waals surface area contributed by atoms with Gasteiger partial charge in [-0.2, -0.15) is 0 Å². The zero-order valence-electron chi connectivity index (χ0n) is 11.2. The van der Waals surface area contributed by atoms with E-state index in [1.54, 1.807) is 24.5 Å². The van der Waals surface area contributed by atoms with Crippen LogP contribution in [0.1, 0.15) is 5.56 Å². The van der Waals surface area contributed by atoms with Crippen LogP contribution in [0.4, 0.5) is 0 Å². The van der Waals surface area contributed by atoms with E-state index in [1.165, 1.54) is 11.1 Å². The molecule has 2 aromatic carbocycles. The summed E-state index contributed by atoms with van der Waals surface area (Å²) in [7, 11) is 0. The normalized spacial score (nSPS) is 9.45. The van der Waals surface area contributed by atoms with Crippen molar-refractivity contribution < 1.29 is 5.11 Å². The summed E-state index contributed by atoms with van der Waals surface area (Å²) in [6.45, 7) is 0.0997. The van der Waals surface area contributed by atoms with E-state index in [9.17, 15) is 0 Å². The van der Waals surface area contributed by atoms with Crippen molar-refractivity contribution in [1.29, 1.82) is 0 Å². The molecule has 0 atom stereocenters. The molecule has 0 aliphatic carbocycles. The van der Waals surface area contributed by atoms with Gasteiger partial charge in [0, 0.05) is 12.4 Å². The van der Waals surface area contributed by atoms with E-state index in [0.29, 0.717) is 0 Å². The van der Waals surface area contributed by atoms with Crippen LogP contribution in [0.5, 0.6) is 0 Å². The molecule has 20 heavy (non-hydrogen) atoms. The number of nitrogens with zero attached hydrogens (tertiary/aromatic N) is 1. The van der Waals surface area contributed by atoms with Crippen LogP contribution in [0.15, 0.2) is 85.2 Å². The minimum Gasteiger partial charge on any atom is -0.392 e. The van der Waals surface area contributed by atoms with E-state index in [4.69, 9.17) is 5.11 Å². The Morgan fingerprint density at radius 2 is 1.10 bits per heavy atom. The van der Waals surface area contributed by atoms with Crippen molar-refractivity contribution in [2.75, 3.05) is 0 Å². The highest BCUT2D eigenvalue weighted by Crippen LogP contribution is 2.17. The standard InChI is InChI=1S/C12H10.C6H7NO/c1-3-7-11(8-4-1)12-9-5-2-6-10-12;8-5-6-1-3-7-4-2-6/h1-10H;1-4,8H,5H2. The van der Waals surface area contributed by atoms with Gasteiger partial charge in [-0.25, -0.2) is 0 Å². The SMILES string of the molecule is OCc1ccncc1.c1ccc(-c2ccccc2)cc1. The van der Waals surface area contributed by atoms with E-state index in [-0.39, 0.29) is 6.61 Å². The van der Waals surface area contributed by atoms with Crippen LogP contribution in [0, 0.1) is 0 Å². The number of benzene rings is 2. The van der Waals surface area contributed by atoms with Crippen molar-refractivity contribution in [3.63, 3.8) is 0 Å². The molecule has 0 fully saturated rings. The molecule has 0 amide bonds. The number of aliphatic hydroxyl groups is 1.